The normalized spacial score (nSPS) is 11.4. The predicted octanol–water partition coefficient (Wildman–Crippen LogP) is 5.01. The lowest BCUT2D eigenvalue weighted by Gasteiger charge is -2.07. The van der Waals surface area contributed by atoms with Crippen LogP contribution in [-0.2, 0) is 6.54 Å². The largest absolute Gasteiger partial charge is 0.378 e. The van der Waals surface area contributed by atoms with E-state index in [0.717, 1.165) is 27.3 Å². The Labute approximate surface area is 127 Å². The van der Waals surface area contributed by atoms with E-state index in [-0.39, 0.29) is 0 Å². The molecule has 0 unspecified atom stereocenters. The van der Waals surface area contributed by atoms with E-state index in [1.807, 2.05) is 17.0 Å². The van der Waals surface area contributed by atoms with Crippen molar-refractivity contribution in [2.24, 2.45) is 0 Å². The molecule has 0 fully saturated rings. The van der Waals surface area contributed by atoms with Gasteiger partial charge in [-0.15, -0.1) is 11.3 Å². The van der Waals surface area contributed by atoms with Crippen molar-refractivity contribution in [3.8, 4) is 0 Å². The van der Waals surface area contributed by atoms with Crippen molar-refractivity contribution >= 4 is 39.5 Å². The zero-order chi connectivity index (χ0) is 14.1. The third kappa shape index (κ3) is 2.67. The summed E-state index contributed by atoms with van der Waals surface area (Å²) >= 11 is 7.94. The van der Waals surface area contributed by atoms with Crippen molar-refractivity contribution in [2.75, 3.05) is 5.32 Å². The molecule has 20 heavy (non-hydrogen) atoms. The highest BCUT2D eigenvalue weighted by Crippen LogP contribution is 2.30. The second-order valence-corrected chi connectivity index (χ2v) is 6.26. The Morgan fingerprint density at radius 2 is 2.20 bits per heavy atom. The molecule has 5 heteroatoms. The number of hydrogen-bond acceptors (Lipinski definition) is 3. The molecule has 0 atom stereocenters. The van der Waals surface area contributed by atoms with Crippen LogP contribution in [0, 0.1) is 0 Å². The lowest BCUT2D eigenvalue weighted by Crippen LogP contribution is -2.00. The first-order chi connectivity index (χ1) is 9.63. The quantitative estimate of drug-likeness (QED) is 0.711. The van der Waals surface area contributed by atoms with Gasteiger partial charge in [-0.2, -0.15) is 0 Å². The predicted molar refractivity (Wildman–Crippen MR) is 86.8 cm³/mol. The third-order valence-corrected chi connectivity index (χ3v) is 4.24. The lowest BCUT2D eigenvalue weighted by atomic mass is 10.1. The molecule has 0 spiro atoms. The smallest absolute Gasteiger partial charge is 0.0795 e. The summed E-state index contributed by atoms with van der Waals surface area (Å²) in [5.74, 6) is 0.479. The Hall–Kier alpha value is -1.52. The summed E-state index contributed by atoms with van der Waals surface area (Å²) in [7, 11) is 0. The van der Waals surface area contributed by atoms with Crippen LogP contribution in [0.15, 0.2) is 29.1 Å². The minimum Gasteiger partial charge on any atom is -0.378 e. The monoisotopic (exact) mass is 305 g/mol. The Morgan fingerprint density at radius 1 is 1.35 bits per heavy atom. The molecule has 3 rings (SSSR count). The number of nitrogens with one attached hydrogen (secondary N) is 2. The molecule has 0 saturated carbocycles. The van der Waals surface area contributed by atoms with Crippen LogP contribution >= 0.6 is 22.9 Å². The molecule has 104 valence electrons. The molecular formula is C15H16ClN3S. The van der Waals surface area contributed by atoms with Gasteiger partial charge in [0.05, 0.1) is 28.5 Å². The number of nitrogens with zero attached hydrogens (tertiary/aromatic N) is 1. The second kappa shape index (κ2) is 5.46. The van der Waals surface area contributed by atoms with E-state index in [4.69, 9.17) is 11.6 Å². The summed E-state index contributed by atoms with van der Waals surface area (Å²) in [6.07, 6.45) is 0. The van der Waals surface area contributed by atoms with Crippen LogP contribution in [0.2, 0.25) is 5.02 Å². The molecule has 0 amide bonds. The molecule has 0 aliphatic heterocycles. The van der Waals surface area contributed by atoms with Gasteiger partial charge in [-0.3, -0.25) is 0 Å². The Bertz CT molecular complexity index is 716. The summed E-state index contributed by atoms with van der Waals surface area (Å²) in [4.78, 5) is 7.70. The van der Waals surface area contributed by atoms with Crippen molar-refractivity contribution in [2.45, 2.75) is 26.3 Å². The van der Waals surface area contributed by atoms with Crippen LogP contribution in [0.4, 0.5) is 5.69 Å². The number of thiazole rings is 1. The minimum atomic E-state index is 0.479. The molecule has 2 heterocycles. The zero-order valence-corrected chi connectivity index (χ0v) is 13.0. The highest BCUT2D eigenvalue weighted by atomic mass is 35.5. The number of halogens is 1. The summed E-state index contributed by atoms with van der Waals surface area (Å²) < 4.78 is 0. The number of fused-ring (bicyclic) bond motifs is 1. The average molecular weight is 306 g/mol. The molecule has 2 aromatic heterocycles. The van der Waals surface area contributed by atoms with Gasteiger partial charge < -0.3 is 10.3 Å². The van der Waals surface area contributed by atoms with Crippen LogP contribution in [0.25, 0.3) is 10.9 Å². The minimum absolute atomic E-state index is 0.479. The van der Waals surface area contributed by atoms with E-state index < -0.39 is 0 Å². The molecule has 0 aliphatic carbocycles. The number of anilines is 1. The lowest BCUT2D eigenvalue weighted by molar-refractivity contribution is 0.836. The number of H-pyrrole nitrogens is 1. The van der Waals surface area contributed by atoms with Gasteiger partial charge >= 0.3 is 0 Å². The van der Waals surface area contributed by atoms with E-state index in [0.29, 0.717) is 12.5 Å². The topological polar surface area (TPSA) is 40.7 Å². The van der Waals surface area contributed by atoms with Gasteiger partial charge in [-0.05, 0) is 24.1 Å². The zero-order valence-electron chi connectivity index (χ0n) is 11.4. The van der Waals surface area contributed by atoms with Gasteiger partial charge in [-0.1, -0.05) is 25.4 Å². The van der Waals surface area contributed by atoms with Gasteiger partial charge in [-0.25, -0.2) is 4.98 Å². The van der Waals surface area contributed by atoms with Gasteiger partial charge in [0.25, 0.3) is 0 Å². The first-order valence-electron chi connectivity index (χ1n) is 6.56. The van der Waals surface area contributed by atoms with Gasteiger partial charge in [0, 0.05) is 22.0 Å². The summed E-state index contributed by atoms with van der Waals surface area (Å²) in [5, 5.41) is 7.26. The second-order valence-electron chi connectivity index (χ2n) is 5.13. The number of rotatable bonds is 4. The van der Waals surface area contributed by atoms with Crippen LogP contribution in [0.1, 0.15) is 31.2 Å². The van der Waals surface area contributed by atoms with Crippen molar-refractivity contribution in [3.05, 3.63) is 45.5 Å². The maximum atomic E-state index is 6.34. The first-order valence-corrected chi connectivity index (χ1v) is 7.88. The van der Waals surface area contributed by atoms with Crippen molar-refractivity contribution in [1.29, 1.82) is 0 Å². The summed E-state index contributed by atoms with van der Waals surface area (Å²) in [6, 6.07) is 6.23. The van der Waals surface area contributed by atoms with E-state index in [1.165, 1.54) is 5.69 Å². The molecule has 1 aromatic carbocycles. The fourth-order valence-corrected chi connectivity index (χ4v) is 2.93. The highest BCUT2D eigenvalue weighted by Gasteiger charge is 2.08. The molecule has 0 aliphatic rings. The molecule has 3 aromatic rings. The van der Waals surface area contributed by atoms with E-state index in [9.17, 15) is 0 Å². The number of hydrogen-bond donors (Lipinski definition) is 2. The van der Waals surface area contributed by atoms with Gasteiger partial charge in [0.15, 0.2) is 0 Å². The van der Waals surface area contributed by atoms with Crippen LogP contribution in [0.3, 0.4) is 0 Å². The highest BCUT2D eigenvalue weighted by molar-refractivity contribution is 7.07. The molecule has 0 saturated heterocycles. The van der Waals surface area contributed by atoms with Crippen LogP contribution in [0.5, 0.6) is 0 Å². The maximum absolute atomic E-state index is 6.34. The summed E-state index contributed by atoms with van der Waals surface area (Å²) in [5.41, 5.74) is 6.14. The molecule has 0 radical (unpaired) electrons. The fourth-order valence-electron chi connectivity index (χ4n) is 2.13. The first kappa shape index (κ1) is 13.5. The number of aromatic amines is 1. The number of aromatic nitrogens is 2. The van der Waals surface area contributed by atoms with E-state index >= 15 is 0 Å². The average Bonchev–Trinajstić information content (AvgIpc) is 3.04. The van der Waals surface area contributed by atoms with Crippen molar-refractivity contribution in [1.82, 2.24) is 9.97 Å². The fraction of sp³-hybridized carbons (Fsp3) is 0.267. The molecular weight excluding hydrogens is 290 g/mol. The van der Waals surface area contributed by atoms with Crippen molar-refractivity contribution in [3.63, 3.8) is 0 Å². The molecule has 2 N–H and O–H groups in total. The molecule has 0 bridgehead atoms. The maximum Gasteiger partial charge on any atom is 0.0795 e. The van der Waals surface area contributed by atoms with E-state index in [2.05, 4.69) is 41.3 Å². The van der Waals surface area contributed by atoms with Crippen LogP contribution < -0.4 is 5.32 Å². The van der Waals surface area contributed by atoms with E-state index in [1.54, 1.807) is 11.3 Å². The third-order valence-electron chi connectivity index (χ3n) is 3.29. The summed E-state index contributed by atoms with van der Waals surface area (Å²) in [6.45, 7) is 5.04. The molecule has 3 nitrogen and oxygen atoms in total. The van der Waals surface area contributed by atoms with Gasteiger partial charge in [0.1, 0.15) is 0 Å². The Morgan fingerprint density at radius 3 is 2.90 bits per heavy atom. The van der Waals surface area contributed by atoms with Crippen LogP contribution in [-0.4, -0.2) is 9.97 Å². The van der Waals surface area contributed by atoms with Crippen molar-refractivity contribution < 1.29 is 0 Å². The number of benzene rings is 1. The SMILES string of the molecule is CC(C)c1cc2cc(Cl)c(NCc3cscn3)cc2[nH]1. The van der Waals surface area contributed by atoms with Gasteiger partial charge in [0.2, 0.25) is 0 Å². The Kier molecular flexibility index (Phi) is 3.68. The standard InChI is InChI=1S/C15H16ClN3S/c1-9(2)13-4-10-3-12(16)15(5-14(10)19-13)17-6-11-7-20-8-18-11/h3-5,7-9,17,19H,6H2,1-2H3. The Balaban J connectivity index is 1.88.